The minimum Gasteiger partial charge on any atom is -0.457 e. The number of hydrogen-bond donors (Lipinski definition) is 1. The first kappa shape index (κ1) is 11.4. The zero-order valence-corrected chi connectivity index (χ0v) is 11.2. The van der Waals surface area contributed by atoms with Gasteiger partial charge < -0.3 is 9.73 Å². The number of carbonyl (C=O) groups excluding carboxylic acids is 1. The van der Waals surface area contributed by atoms with Crippen molar-refractivity contribution in [3.8, 4) is 0 Å². The van der Waals surface area contributed by atoms with Crippen molar-refractivity contribution in [3.63, 3.8) is 0 Å². The lowest BCUT2D eigenvalue weighted by molar-refractivity contribution is 0.102. The predicted molar refractivity (Wildman–Crippen MR) is 68.5 cm³/mol. The third kappa shape index (κ3) is 2.54. The van der Waals surface area contributed by atoms with Gasteiger partial charge in [-0.25, -0.2) is 0 Å². The van der Waals surface area contributed by atoms with E-state index in [1.54, 1.807) is 6.07 Å². The molecule has 1 heterocycles. The number of hydrogen-bond acceptors (Lipinski definition) is 2. The van der Waals surface area contributed by atoms with E-state index in [4.69, 9.17) is 4.42 Å². The fraction of sp³-hybridized carbons (Fsp3) is 0. The summed E-state index contributed by atoms with van der Waals surface area (Å²) < 4.78 is 6.34. The Hall–Kier alpha value is -1.07. The number of rotatable bonds is 2. The normalized spacial score (nSPS) is 10.1. The molecule has 1 N–H and O–H groups in total. The van der Waals surface area contributed by atoms with Crippen molar-refractivity contribution in [3.05, 3.63) is 51.3 Å². The van der Waals surface area contributed by atoms with Gasteiger partial charge >= 0.3 is 0 Å². The molecule has 16 heavy (non-hydrogen) atoms. The van der Waals surface area contributed by atoms with E-state index in [1.165, 1.54) is 6.26 Å². The van der Waals surface area contributed by atoms with E-state index in [2.05, 4.69) is 37.2 Å². The first-order valence-electron chi connectivity index (χ1n) is 4.47. The number of nitrogens with one attached hydrogen (secondary N) is 1. The van der Waals surface area contributed by atoms with E-state index in [-0.39, 0.29) is 5.91 Å². The van der Waals surface area contributed by atoms with Crippen LogP contribution in [0.15, 0.2) is 50.2 Å². The Balaban J connectivity index is 2.17. The molecule has 1 amide bonds. The van der Waals surface area contributed by atoms with Crippen molar-refractivity contribution in [2.24, 2.45) is 0 Å². The Morgan fingerprint density at radius 1 is 1.25 bits per heavy atom. The molecular formula is C11H7Br2NO2. The topological polar surface area (TPSA) is 42.2 Å². The van der Waals surface area contributed by atoms with Gasteiger partial charge in [-0.15, -0.1) is 0 Å². The molecule has 1 aromatic carbocycles. The van der Waals surface area contributed by atoms with Crippen molar-refractivity contribution >= 4 is 43.5 Å². The SMILES string of the molecule is O=C(Nc1cccc(Br)c1)c1ccoc1Br. The summed E-state index contributed by atoms with van der Waals surface area (Å²) >= 11 is 6.49. The van der Waals surface area contributed by atoms with Crippen LogP contribution in [-0.4, -0.2) is 5.91 Å². The third-order valence-corrected chi connectivity index (χ3v) is 3.05. The maximum Gasteiger partial charge on any atom is 0.260 e. The first-order valence-corrected chi connectivity index (χ1v) is 6.05. The zero-order valence-electron chi connectivity index (χ0n) is 8.04. The van der Waals surface area contributed by atoms with Crippen molar-refractivity contribution in [2.75, 3.05) is 5.32 Å². The summed E-state index contributed by atoms with van der Waals surface area (Å²) in [6.45, 7) is 0. The molecule has 0 atom stereocenters. The van der Waals surface area contributed by atoms with Gasteiger partial charge in [0, 0.05) is 10.2 Å². The van der Waals surface area contributed by atoms with E-state index in [9.17, 15) is 4.79 Å². The molecule has 2 aromatic rings. The molecule has 0 saturated carbocycles. The zero-order chi connectivity index (χ0) is 11.5. The molecule has 0 unspecified atom stereocenters. The quantitative estimate of drug-likeness (QED) is 0.892. The fourth-order valence-corrected chi connectivity index (χ4v) is 2.04. The molecule has 0 aliphatic rings. The molecule has 1 aromatic heterocycles. The third-order valence-electron chi connectivity index (χ3n) is 1.95. The molecule has 5 heteroatoms. The minimum atomic E-state index is -0.210. The van der Waals surface area contributed by atoms with Crippen LogP contribution in [0.4, 0.5) is 5.69 Å². The molecule has 0 spiro atoms. The Kier molecular flexibility index (Phi) is 3.46. The highest BCUT2D eigenvalue weighted by atomic mass is 79.9. The van der Waals surface area contributed by atoms with E-state index in [0.29, 0.717) is 10.2 Å². The van der Waals surface area contributed by atoms with E-state index < -0.39 is 0 Å². The molecule has 0 fully saturated rings. The van der Waals surface area contributed by atoms with Crippen LogP contribution in [0, 0.1) is 0 Å². The number of benzene rings is 1. The standard InChI is InChI=1S/C11H7Br2NO2/c12-7-2-1-3-8(6-7)14-11(15)9-4-5-16-10(9)13/h1-6H,(H,14,15). The van der Waals surface area contributed by atoms with Gasteiger partial charge in [-0.2, -0.15) is 0 Å². The summed E-state index contributed by atoms with van der Waals surface area (Å²) in [5, 5.41) is 2.77. The van der Waals surface area contributed by atoms with E-state index >= 15 is 0 Å². The van der Waals surface area contributed by atoms with E-state index in [1.807, 2.05) is 24.3 Å². The van der Waals surface area contributed by atoms with Crippen LogP contribution < -0.4 is 5.32 Å². The van der Waals surface area contributed by atoms with Gasteiger partial charge in [0.25, 0.3) is 5.91 Å². The highest BCUT2D eigenvalue weighted by Crippen LogP contribution is 2.20. The first-order chi connectivity index (χ1) is 7.66. The second-order valence-electron chi connectivity index (χ2n) is 3.07. The maximum atomic E-state index is 11.8. The largest absolute Gasteiger partial charge is 0.457 e. The summed E-state index contributed by atoms with van der Waals surface area (Å²) in [5.74, 6) is -0.210. The molecule has 0 aliphatic heterocycles. The van der Waals surface area contributed by atoms with Crippen LogP contribution in [0.25, 0.3) is 0 Å². The van der Waals surface area contributed by atoms with Crippen LogP contribution in [0.1, 0.15) is 10.4 Å². The minimum absolute atomic E-state index is 0.210. The lowest BCUT2D eigenvalue weighted by atomic mass is 10.3. The molecular weight excluding hydrogens is 338 g/mol. The summed E-state index contributed by atoms with van der Waals surface area (Å²) in [5.41, 5.74) is 1.20. The highest BCUT2D eigenvalue weighted by Gasteiger charge is 2.12. The molecule has 0 radical (unpaired) electrons. The Morgan fingerprint density at radius 2 is 2.06 bits per heavy atom. The molecule has 0 saturated heterocycles. The van der Waals surface area contributed by atoms with Crippen LogP contribution in [0.2, 0.25) is 0 Å². The lowest BCUT2D eigenvalue weighted by Crippen LogP contribution is -2.11. The Morgan fingerprint density at radius 3 is 2.69 bits per heavy atom. The summed E-state index contributed by atoms with van der Waals surface area (Å²) in [4.78, 5) is 11.8. The van der Waals surface area contributed by atoms with Gasteiger partial charge in [-0.05, 0) is 40.2 Å². The molecule has 82 valence electrons. The highest BCUT2D eigenvalue weighted by molar-refractivity contribution is 9.10. The maximum absolute atomic E-state index is 11.8. The molecule has 2 rings (SSSR count). The van der Waals surface area contributed by atoms with Crippen LogP contribution >= 0.6 is 31.9 Å². The number of furan rings is 1. The van der Waals surface area contributed by atoms with Gasteiger partial charge in [0.1, 0.15) is 0 Å². The smallest absolute Gasteiger partial charge is 0.260 e. The molecule has 0 aliphatic carbocycles. The van der Waals surface area contributed by atoms with Gasteiger partial charge in [0.15, 0.2) is 4.67 Å². The van der Waals surface area contributed by atoms with Crippen molar-refractivity contribution in [2.45, 2.75) is 0 Å². The van der Waals surface area contributed by atoms with Crippen molar-refractivity contribution < 1.29 is 9.21 Å². The van der Waals surface area contributed by atoms with Crippen molar-refractivity contribution in [1.29, 1.82) is 0 Å². The summed E-state index contributed by atoms with van der Waals surface area (Å²) in [6.07, 6.45) is 1.46. The summed E-state index contributed by atoms with van der Waals surface area (Å²) in [7, 11) is 0. The van der Waals surface area contributed by atoms with Gasteiger partial charge in [-0.3, -0.25) is 4.79 Å². The Bertz CT molecular complexity index is 522. The molecule has 0 bridgehead atoms. The second kappa shape index (κ2) is 4.84. The molecule has 3 nitrogen and oxygen atoms in total. The fourth-order valence-electron chi connectivity index (χ4n) is 1.22. The average molecular weight is 345 g/mol. The lowest BCUT2D eigenvalue weighted by Gasteiger charge is -2.03. The van der Waals surface area contributed by atoms with Crippen LogP contribution in [0.5, 0.6) is 0 Å². The number of anilines is 1. The van der Waals surface area contributed by atoms with Crippen LogP contribution in [0.3, 0.4) is 0 Å². The van der Waals surface area contributed by atoms with Gasteiger partial charge in [-0.1, -0.05) is 22.0 Å². The second-order valence-corrected chi connectivity index (χ2v) is 4.71. The number of halogens is 2. The summed E-state index contributed by atoms with van der Waals surface area (Å²) in [6, 6.07) is 8.99. The monoisotopic (exact) mass is 343 g/mol. The van der Waals surface area contributed by atoms with Crippen LogP contribution in [-0.2, 0) is 0 Å². The number of amides is 1. The number of carbonyl (C=O) groups is 1. The Labute approximate surface area is 109 Å². The average Bonchev–Trinajstić information content (AvgIpc) is 2.64. The van der Waals surface area contributed by atoms with E-state index in [0.717, 1.165) is 10.2 Å². The van der Waals surface area contributed by atoms with Gasteiger partial charge in [0.05, 0.1) is 11.8 Å². The predicted octanol–water partition coefficient (Wildman–Crippen LogP) is 4.06. The van der Waals surface area contributed by atoms with Crippen molar-refractivity contribution in [1.82, 2.24) is 0 Å². The van der Waals surface area contributed by atoms with Gasteiger partial charge in [0.2, 0.25) is 0 Å².